The molecule has 0 spiro atoms. The Kier molecular flexibility index (Phi) is 5.96. The van der Waals surface area contributed by atoms with E-state index in [-0.39, 0.29) is 0 Å². The highest BCUT2D eigenvalue weighted by Gasteiger charge is 2.23. The van der Waals surface area contributed by atoms with Gasteiger partial charge in [-0.05, 0) is 71.3 Å². The van der Waals surface area contributed by atoms with Gasteiger partial charge in [-0.1, -0.05) is 127 Å². The molecule has 0 saturated heterocycles. The largest absolute Gasteiger partial charge is 0.455 e. The van der Waals surface area contributed by atoms with Crippen molar-refractivity contribution in [2.24, 2.45) is 0 Å². The summed E-state index contributed by atoms with van der Waals surface area (Å²) >= 11 is 0. The molecule has 0 unspecified atom stereocenters. The number of fused-ring (bicyclic) bond motifs is 10. The lowest BCUT2D eigenvalue weighted by Gasteiger charge is -2.14. The number of nitrogens with zero attached hydrogens (tertiary/aromatic N) is 2. The van der Waals surface area contributed by atoms with Crippen LogP contribution >= 0.6 is 0 Å². The molecule has 0 bridgehead atoms. The molecule has 3 heteroatoms. The van der Waals surface area contributed by atoms with E-state index < -0.39 is 0 Å². The summed E-state index contributed by atoms with van der Waals surface area (Å²) in [5.74, 6) is 0. The predicted octanol–water partition coefficient (Wildman–Crippen LogP) is 13.1. The van der Waals surface area contributed by atoms with Crippen LogP contribution in [0.15, 0.2) is 186 Å². The van der Waals surface area contributed by atoms with E-state index in [1.807, 2.05) is 0 Å². The maximum atomic E-state index is 6.76. The summed E-state index contributed by atoms with van der Waals surface area (Å²) < 4.78 is 11.6. The number of hydrogen-bond donors (Lipinski definition) is 0. The molecule has 0 radical (unpaired) electrons. The standard InChI is InChI=1S/C48H30N2O/c1-3-13-31(14-4-1)32-23-26-35(27-24-32)50-43-21-11-8-19-39(43)46-47(50)40(30-41-38-18-9-12-22-45(38)51-48(41)46)33-25-28-37-36-17-7-10-20-42(36)49(44(37)29-33)34-15-5-2-6-16-34/h1-30H. The fourth-order valence-corrected chi connectivity index (χ4v) is 8.25. The summed E-state index contributed by atoms with van der Waals surface area (Å²) in [6.07, 6.45) is 0. The van der Waals surface area contributed by atoms with Crippen LogP contribution < -0.4 is 0 Å². The zero-order valence-electron chi connectivity index (χ0n) is 27.6. The van der Waals surface area contributed by atoms with Crippen molar-refractivity contribution >= 4 is 65.6 Å². The monoisotopic (exact) mass is 650 g/mol. The highest BCUT2D eigenvalue weighted by Crippen LogP contribution is 2.46. The van der Waals surface area contributed by atoms with Gasteiger partial charge in [-0.15, -0.1) is 0 Å². The maximum absolute atomic E-state index is 6.76. The molecule has 0 amide bonds. The molecule has 11 aromatic rings. The molecule has 51 heavy (non-hydrogen) atoms. The molecule has 8 aromatic carbocycles. The van der Waals surface area contributed by atoms with Crippen molar-refractivity contribution in [1.82, 2.24) is 9.13 Å². The Morgan fingerprint density at radius 2 is 0.922 bits per heavy atom. The van der Waals surface area contributed by atoms with Crippen molar-refractivity contribution < 1.29 is 4.42 Å². The summed E-state index contributed by atoms with van der Waals surface area (Å²) in [7, 11) is 0. The minimum atomic E-state index is 0.898. The van der Waals surface area contributed by atoms with Crippen LogP contribution in [0.2, 0.25) is 0 Å². The molecule has 238 valence electrons. The van der Waals surface area contributed by atoms with Crippen LogP contribution in [0.3, 0.4) is 0 Å². The Morgan fingerprint density at radius 3 is 1.71 bits per heavy atom. The second kappa shape index (κ2) is 10.8. The van der Waals surface area contributed by atoms with Crippen molar-refractivity contribution in [3.05, 3.63) is 182 Å². The van der Waals surface area contributed by atoms with Crippen molar-refractivity contribution in [3.63, 3.8) is 0 Å². The molecule has 11 rings (SSSR count). The van der Waals surface area contributed by atoms with Gasteiger partial charge in [-0.2, -0.15) is 0 Å². The van der Waals surface area contributed by atoms with Crippen molar-refractivity contribution in [2.45, 2.75) is 0 Å². The molecule has 3 aromatic heterocycles. The average Bonchev–Trinajstić information content (AvgIpc) is 3.86. The highest BCUT2D eigenvalue weighted by atomic mass is 16.3. The quantitative estimate of drug-likeness (QED) is 0.186. The Morgan fingerprint density at radius 1 is 0.353 bits per heavy atom. The van der Waals surface area contributed by atoms with Crippen molar-refractivity contribution in [1.29, 1.82) is 0 Å². The van der Waals surface area contributed by atoms with Gasteiger partial charge in [0.2, 0.25) is 0 Å². The van der Waals surface area contributed by atoms with Crippen molar-refractivity contribution in [2.75, 3.05) is 0 Å². The van der Waals surface area contributed by atoms with Gasteiger partial charge in [0.05, 0.1) is 27.5 Å². The number of rotatable bonds is 4. The second-order valence-electron chi connectivity index (χ2n) is 13.3. The molecule has 3 nitrogen and oxygen atoms in total. The number of hydrogen-bond acceptors (Lipinski definition) is 1. The third-order valence-corrected chi connectivity index (χ3v) is 10.5. The van der Waals surface area contributed by atoms with E-state index >= 15 is 0 Å². The van der Waals surface area contributed by atoms with Gasteiger partial charge in [0.15, 0.2) is 0 Å². The third-order valence-electron chi connectivity index (χ3n) is 10.5. The topological polar surface area (TPSA) is 23.0 Å². The Hall–Kier alpha value is -6.84. The normalized spacial score (nSPS) is 11.9. The van der Waals surface area contributed by atoms with Crippen molar-refractivity contribution in [3.8, 4) is 33.6 Å². The van der Waals surface area contributed by atoms with E-state index in [1.54, 1.807) is 0 Å². The van der Waals surface area contributed by atoms with E-state index in [9.17, 15) is 0 Å². The summed E-state index contributed by atoms with van der Waals surface area (Å²) in [6, 6.07) is 65.4. The van der Waals surface area contributed by atoms with Crippen LogP contribution in [-0.2, 0) is 0 Å². The highest BCUT2D eigenvalue weighted by molar-refractivity contribution is 6.27. The third kappa shape index (κ3) is 4.12. The van der Waals surface area contributed by atoms with Crippen LogP contribution in [0.5, 0.6) is 0 Å². The zero-order valence-corrected chi connectivity index (χ0v) is 27.6. The molecule has 0 atom stereocenters. The fraction of sp³-hybridized carbons (Fsp3) is 0. The average molecular weight is 651 g/mol. The van der Waals surface area contributed by atoms with E-state index in [0.29, 0.717) is 0 Å². The number of aromatic nitrogens is 2. The van der Waals surface area contributed by atoms with Gasteiger partial charge >= 0.3 is 0 Å². The predicted molar refractivity (Wildman–Crippen MR) is 213 cm³/mol. The van der Waals surface area contributed by atoms with Gasteiger partial charge in [-0.3, -0.25) is 0 Å². The van der Waals surface area contributed by atoms with Gasteiger partial charge < -0.3 is 13.6 Å². The first-order valence-corrected chi connectivity index (χ1v) is 17.4. The molecule has 0 aliphatic heterocycles. The molecule has 0 fully saturated rings. The smallest absolute Gasteiger partial charge is 0.145 e. The Bertz CT molecular complexity index is 3110. The zero-order chi connectivity index (χ0) is 33.5. The van der Waals surface area contributed by atoms with Gasteiger partial charge in [0.1, 0.15) is 11.2 Å². The molecule has 0 aliphatic rings. The summed E-state index contributed by atoms with van der Waals surface area (Å²) in [5, 5.41) is 7.03. The van der Waals surface area contributed by atoms with Gasteiger partial charge in [0, 0.05) is 43.9 Å². The van der Waals surface area contributed by atoms with Crippen LogP contribution in [0, 0.1) is 0 Å². The molecule has 0 N–H and O–H groups in total. The molecular weight excluding hydrogens is 621 g/mol. The van der Waals surface area contributed by atoms with E-state index in [1.165, 1.54) is 43.9 Å². The maximum Gasteiger partial charge on any atom is 0.145 e. The fourth-order valence-electron chi connectivity index (χ4n) is 8.25. The first-order chi connectivity index (χ1) is 25.3. The Labute approximate surface area is 293 Å². The number of benzene rings is 8. The van der Waals surface area contributed by atoms with E-state index in [0.717, 1.165) is 55.3 Å². The van der Waals surface area contributed by atoms with Gasteiger partial charge in [-0.25, -0.2) is 0 Å². The van der Waals surface area contributed by atoms with Crippen LogP contribution in [0.4, 0.5) is 0 Å². The number of furan rings is 1. The first-order valence-electron chi connectivity index (χ1n) is 17.4. The molecule has 0 saturated carbocycles. The lowest BCUT2D eigenvalue weighted by Crippen LogP contribution is -1.96. The number of para-hydroxylation sites is 4. The SMILES string of the molecule is c1ccc(-c2ccc(-n3c4ccccc4c4c5oc6ccccc6c5cc(-c5ccc6c7ccccc7n(-c7ccccc7)c6c5)c43)cc2)cc1. The molecular formula is C48H30N2O. The summed E-state index contributed by atoms with van der Waals surface area (Å²) in [6.45, 7) is 0. The van der Waals surface area contributed by atoms with E-state index in [4.69, 9.17) is 4.42 Å². The van der Waals surface area contributed by atoms with Gasteiger partial charge in [0.25, 0.3) is 0 Å². The second-order valence-corrected chi connectivity index (χ2v) is 13.3. The lowest BCUT2D eigenvalue weighted by molar-refractivity contribution is 0.673. The minimum absolute atomic E-state index is 0.898. The minimum Gasteiger partial charge on any atom is -0.455 e. The van der Waals surface area contributed by atoms with Crippen LogP contribution in [0.25, 0.3) is 99.2 Å². The Balaban J connectivity index is 1.27. The molecule has 3 heterocycles. The summed E-state index contributed by atoms with van der Waals surface area (Å²) in [4.78, 5) is 0. The first kappa shape index (κ1) is 28.0. The van der Waals surface area contributed by atoms with Crippen LogP contribution in [0.1, 0.15) is 0 Å². The van der Waals surface area contributed by atoms with E-state index in [2.05, 4.69) is 191 Å². The molecule has 0 aliphatic carbocycles. The lowest BCUT2D eigenvalue weighted by atomic mass is 9.97. The van der Waals surface area contributed by atoms with Crippen LogP contribution in [-0.4, -0.2) is 9.13 Å². The summed E-state index contributed by atoms with van der Waals surface area (Å²) in [5.41, 5.74) is 13.5.